The number of H-pyrrole nitrogens is 1. The van der Waals surface area contributed by atoms with Crippen molar-refractivity contribution in [1.29, 1.82) is 0 Å². The number of nitro benzene ring substituents is 1. The van der Waals surface area contributed by atoms with Gasteiger partial charge in [0.2, 0.25) is 10.5 Å². The van der Waals surface area contributed by atoms with Crippen molar-refractivity contribution >= 4 is 24.1 Å². The van der Waals surface area contributed by atoms with E-state index in [1.807, 2.05) is 6.92 Å². The van der Waals surface area contributed by atoms with E-state index < -0.39 is 4.92 Å². The van der Waals surface area contributed by atoms with Gasteiger partial charge in [0.1, 0.15) is 5.75 Å². The monoisotopic (exact) mass is 393 g/mol. The number of hydrogen-bond acceptors (Lipinski definition) is 7. The lowest BCUT2D eigenvalue weighted by Crippen LogP contribution is -2.04. The third-order valence-corrected chi connectivity index (χ3v) is 3.94. The Hall–Kier alpha value is -2.75. The zero-order valence-electron chi connectivity index (χ0n) is 15.6. The maximum absolute atomic E-state index is 11.4. The summed E-state index contributed by atoms with van der Waals surface area (Å²) in [5.41, 5.74) is 0.306. The number of unbranched alkanes of at least 4 members (excludes halogenated alkanes) is 1. The Kier molecular flexibility index (Phi) is 7.47. The Bertz CT molecular complexity index is 875. The smallest absolute Gasteiger partial charge is 0.311 e. The van der Waals surface area contributed by atoms with E-state index >= 15 is 0 Å². The highest BCUT2D eigenvalue weighted by Crippen LogP contribution is 2.34. The van der Waals surface area contributed by atoms with E-state index in [0.717, 1.165) is 19.3 Å². The van der Waals surface area contributed by atoms with Crippen LogP contribution < -0.4 is 9.47 Å². The van der Waals surface area contributed by atoms with Gasteiger partial charge in [0.25, 0.3) is 0 Å². The Morgan fingerprint density at radius 3 is 2.63 bits per heavy atom. The van der Waals surface area contributed by atoms with Crippen molar-refractivity contribution in [2.24, 2.45) is 5.10 Å². The van der Waals surface area contributed by atoms with Crippen LogP contribution in [0.2, 0.25) is 0 Å². The molecule has 0 aliphatic carbocycles. The second-order valence-corrected chi connectivity index (χ2v) is 5.97. The van der Waals surface area contributed by atoms with Crippen LogP contribution in [0.1, 0.15) is 45.0 Å². The van der Waals surface area contributed by atoms with E-state index in [9.17, 15) is 10.1 Å². The lowest BCUT2D eigenvalue weighted by molar-refractivity contribution is -0.385. The maximum atomic E-state index is 11.4. The summed E-state index contributed by atoms with van der Waals surface area (Å²) in [6, 6.07) is 2.90. The molecule has 27 heavy (non-hydrogen) atoms. The summed E-state index contributed by atoms with van der Waals surface area (Å²) in [6.07, 6.45) is 4.17. The summed E-state index contributed by atoms with van der Waals surface area (Å²) in [5, 5.41) is 22.6. The van der Waals surface area contributed by atoms with Crippen molar-refractivity contribution in [3.63, 3.8) is 0 Å². The van der Waals surface area contributed by atoms with Crippen LogP contribution in [0.15, 0.2) is 17.2 Å². The minimum absolute atomic E-state index is 0.149. The largest absolute Gasteiger partial charge is 0.493 e. The molecule has 0 radical (unpaired) electrons. The first kappa shape index (κ1) is 20.6. The van der Waals surface area contributed by atoms with Crippen molar-refractivity contribution in [3.8, 4) is 11.5 Å². The second-order valence-electron chi connectivity index (χ2n) is 5.59. The third kappa shape index (κ3) is 5.13. The van der Waals surface area contributed by atoms with Crippen LogP contribution in [-0.2, 0) is 6.42 Å². The molecule has 0 spiro atoms. The summed E-state index contributed by atoms with van der Waals surface area (Å²) < 4.78 is 12.8. The highest BCUT2D eigenvalue weighted by atomic mass is 32.1. The maximum Gasteiger partial charge on any atom is 0.311 e. The van der Waals surface area contributed by atoms with Crippen molar-refractivity contribution in [2.45, 2.75) is 40.0 Å². The zero-order chi connectivity index (χ0) is 19.8. The second kappa shape index (κ2) is 9.81. The van der Waals surface area contributed by atoms with Gasteiger partial charge in [-0.2, -0.15) is 14.9 Å². The number of nitrogens with one attached hydrogen (secondary N) is 1. The number of benzene rings is 1. The number of nitrogens with zero attached hydrogens (tertiary/aromatic N) is 4. The van der Waals surface area contributed by atoms with Crippen LogP contribution in [0.25, 0.3) is 0 Å². The number of ether oxygens (including phenoxy) is 2. The SMILES string of the molecule is CCCCc1n[nH]c(=S)n1/N=C\c1cc([N+](=O)[O-])c(OCC)cc1OCC. The van der Waals surface area contributed by atoms with Crippen molar-refractivity contribution in [1.82, 2.24) is 14.9 Å². The van der Waals surface area contributed by atoms with Crippen molar-refractivity contribution in [2.75, 3.05) is 13.2 Å². The van der Waals surface area contributed by atoms with Gasteiger partial charge in [0, 0.05) is 24.1 Å². The van der Waals surface area contributed by atoms with Crippen LogP contribution in [0.3, 0.4) is 0 Å². The fourth-order valence-electron chi connectivity index (χ4n) is 2.42. The molecule has 1 aromatic carbocycles. The molecule has 0 unspecified atom stereocenters. The molecule has 0 saturated heterocycles. The minimum Gasteiger partial charge on any atom is -0.493 e. The molecule has 0 atom stereocenters. The number of aryl methyl sites for hydroxylation is 1. The summed E-state index contributed by atoms with van der Waals surface area (Å²) in [4.78, 5) is 10.9. The average Bonchev–Trinajstić information content (AvgIpc) is 2.99. The molecular formula is C17H23N5O4S. The van der Waals surface area contributed by atoms with Crippen LogP contribution in [0, 0.1) is 14.9 Å². The molecule has 1 N–H and O–H groups in total. The third-order valence-electron chi connectivity index (χ3n) is 3.67. The van der Waals surface area contributed by atoms with Gasteiger partial charge in [-0.3, -0.25) is 15.2 Å². The highest BCUT2D eigenvalue weighted by molar-refractivity contribution is 7.71. The number of aromatic nitrogens is 3. The molecule has 0 saturated carbocycles. The topological polar surface area (TPSA) is 108 Å². The van der Waals surface area contributed by atoms with E-state index in [1.165, 1.54) is 23.0 Å². The molecule has 1 aromatic heterocycles. The quantitative estimate of drug-likeness (QED) is 0.284. The van der Waals surface area contributed by atoms with Gasteiger partial charge < -0.3 is 9.47 Å². The van der Waals surface area contributed by atoms with E-state index in [1.54, 1.807) is 6.92 Å². The molecular weight excluding hydrogens is 370 g/mol. The first-order valence-electron chi connectivity index (χ1n) is 8.80. The Balaban J connectivity index is 2.46. The van der Waals surface area contributed by atoms with Gasteiger partial charge in [0.15, 0.2) is 5.82 Å². The molecule has 0 fully saturated rings. The zero-order valence-corrected chi connectivity index (χ0v) is 16.4. The summed E-state index contributed by atoms with van der Waals surface area (Å²) >= 11 is 5.22. The van der Waals surface area contributed by atoms with E-state index in [-0.39, 0.29) is 11.4 Å². The standard InChI is InChI=1S/C17H23N5O4S/c1-4-7-8-16-19-20-17(27)21(16)18-11-12-9-13(22(23)24)15(26-6-3)10-14(12)25-5-2/h9-11H,4-8H2,1-3H3,(H,20,27)/b18-11-. The van der Waals surface area contributed by atoms with Crippen LogP contribution in [0.5, 0.6) is 11.5 Å². The van der Waals surface area contributed by atoms with Crippen molar-refractivity contribution < 1.29 is 14.4 Å². The average molecular weight is 393 g/mol. The molecule has 2 aromatic rings. The van der Waals surface area contributed by atoms with Crippen LogP contribution >= 0.6 is 12.2 Å². The molecule has 0 bridgehead atoms. The molecule has 146 valence electrons. The lowest BCUT2D eigenvalue weighted by Gasteiger charge is -2.11. The van der Waals surface area contributed by atoms with Gasteiger partial charge in [-0.05, 0) is 32.5 Å². The molecule has 0 aliphatic rings. The fourth-order valence-corrected chi connectivity index (χ4v) is 2.62. The Labute approximate surface area is 162 Å². The molecule has 0 aliphatic heterocycles. The summed E-state index contributed by atoms with van der Waals surface area (Å²) in [7, 11) is 0. The van der Waals surface area contributed by atoms with Crippen molar-refractivity contribution in [3.05, 3.63) is 38.4 Å². The molecule has 2 rings (SSSR count). The van der Waals surface area contributed by atoms with E-state index in [0.29, 0.717) is 35.1 Å². The van der Waals surface area contributed by atoms with Gasteiger partial charge in [0.05, 0.1) is 24.4 Å². The Morgan fingerprint density at radius 2 is 2.00 bits per heavy atom. The number of rotatable bonds is 10. The number of aromatic amines is 1. The summed E-state index contributed by atoms with van der Waals surface area (Å²) in [6.45, 7) is 6.39. The van der Waals surface area contributed by atoms with Crippen LogP contribution in [0.4, 0.5) is 5.69 Å². The molecule has 10 heteroatoms. The number of nitro groups is 1. The number of hydrogen-bond donors (Lipinski definition) is 1. The van der Waals surface area contributed by atoms with E-state index in [4.69, 9.17) is 21.7 Å². The molecule has 1 heterocycles. The van der Waals surface area contributed by atoms with Gasteiger partial charge in [-0.15, -0.1) is 0 Å². The highest BCUT2D eigenvalue weighted by Gasteiger charge is 2.19. The molecule has 0 amide bonds. The minimum atomic E-state index is -0.492. The molecule has 9 nitrogen and oxygen atoms in total. The Morgan fingerprint density at radius 1 is 1.30 bits per heavy atom. The lowest BCUT2D eigenvalue weighted by atomic mass is 10.1. The summed E-state index contributed by atoms with van der Waals surface area (Å²) in [5.74, 6) is 1.31. The van der Waals surface area contributed by atoms with Gasteiger partial charge in [-0.1, -0.05) is 13.3 Å². The first-order chi connectivity index (χ1) is 13.0. The normalized spacial score (nSPS) is 11.1. The van der Waals surface area contributed by atoms with Gasteiger partial charge in [-0.25, -0.2) is 0 Å². The predicted octanol–water partition coefficient (Wildman–Crippen LogP) is 3.87. The predicted molar refractivity (Wildman–Crippen MR) is 104 cm³/mol. The van der Waals surface area contributed by atoms with Crippen LogP contribution in [-0.4, -0.2) is 39.2 Å². The van der Waals surface area contributed by atoms with E-state index in [2.05, 4.69) is 22.2 Å². The van der Waals surface area contributed by atoms with Gasteiger partial charge >= 0.3 is 5.69 Å². The fraction of sp³-hybridized carbons (Fsp3) is 0.471. The first-order valence-corrected chi connectivity index (χ1v) is 9.21.